The van der Waals surface area contributed by atoms with Crippen LogP contribution in [0.1, 0.15) is 32.8 Å². The first kappa shape index (κ1) is 27.1. The van der Waals surface area contributed by atoms with Crippen LogP contribution in [-0.4, -0.2) is 92.7 Å². The third-order valence-corrected chi connectivity index (χ3v) is 5.82. The van der Waals surface area contributed by atoms with Crippen molar-refractivity contribution in [1.29, 1.82) is 0 Å². The first-order chi connectivity index (χ1) is 14.1. The van der Waals surface area contributed by atoms with Crippen LogP contribution in [0.5, 0.6) is 0 Å². The van der Waals surface area contributed by atoms with Gasteiger partial charge in [0.1, 0.15) is 0 Å². The zero-order valence-electron chi connectivity index (χ0n) is 19.4. The molecule has 0 saturated carbocycles. The highest BCUT2D eigenvalue weighted by Gasteiger charge is 2.15. The van der Waals surface area contributed by atoms with Gasteiger partial charge in [-0.05, 0) is 39.4 Å². The van der Waals surface area contributed by atoms with Gasteiger partial charge in [0.15, 0.2) is 5.96 Å². The summed E-state index contributed by atoms with van der Waals surface area (Å²) in [6, 6.07) is 11.2. The van der Waals surface area contributed by atoms with Crippen molar-refractivity contribution in [3.05, 3.63) is 35.9 Å². The van der Waals surface area contributed by atoms with Gasteiger partial charge in [-0.25, -0.2) is 0 Å². The van der Waals surface area contributed by atoms with Gasteiger partial charge in [-0.1, -0.05) is 37.3 Å². The average molecular weight is 531 g/mol. The highest BCUT2D eigenvalue weighted by Crippen LogP contribution is 2.08. The van der Waals surface area contributed by atoms with Gasteiger partial charge in [-0.2, -0.15) is 0 Å². The summed E-state index contributed by atoms with van der Waals surface area (Å²) in [5.41, 5.74) is 1.36. The molecule has 0 radical (unpaired) electrons. The van der Waals surface area contributed by atoms with Crippen LogP contribution in [0.25, 0.3) is 0 Å². The minimum absolute atomic E-state index is 0. The molecule has 6 nitrogen and oxygen atoms in total. The van der Waals surface area contributed by atoms with Gasteiger partial charge >= 0.3 is 0 Å². The third-order valence-electron chi connectivity index (χ3n) is 5.82. The summed E-state index contributed by atoms with van der Waals surface area (Å²) in [5, 5.41) is 6.88. The molecule has 1 aliphatic rings. The number of halogens is 1. The molecule has 1 saturated heterocycles. The van der Waals surface area contributed by atoms with Crippen molar-refractivity contribution >= 4 is 29.9 Å². The van der Waals surface area contributed by atoms with E-state index in [2.05, 4.69) is 83.5 Å². The average Bonchev–Trinajstić information content (AvgIpc) is 2.74. The second kappa shape index (κ2) is 15.8. The monoisotopic (exact) mass is 530 g/mol. The molecule has 1 fully saturated rings. The van der Waals surface area contributed by atoms with Crippen LogP contribution < -0.4 is 10.6 Å². The normalized spacial score (nSPS) is 16.9. The van der Waals surface area contributed by atoms with E-state index in [1.54, 1.807) is 0 Å². The number of piperazine rings is 1. The third kappa shape index (κ3) is 10.4. The fraction of sp³-hybridized carbons (Fsp3) is 0.696. The Morgan fingerprint density at radius 3 is 2.37 bits per heavy atom. The van der Waals surface area contributed by atoms with Crippen LogP contribution in [0.2, 0.25) is 0 Å². The molecule has 0 aliphatic carbocycles. The van der Waals surface area contributed by atoms with Crippen molar-refractivity contribution in [2.45, 2.75) is 39.8 Å². The molecule has 7 heteroatoms. The van der Waals surface area contributed by atoms with Crippen LogP contribution >= 0.6 is 24.0 Å². The Morgan fingerprint density at radius 2 is 1.73 bits per heavy atom. The van der Waals surface area contributed by atoms with Crippen molar-refractivity contribution in [3.8, 4) is 0 Å². The number of benzene rings is 1. The van der Waals surface area contributed by atoms with Gasteiger partial charge in [0.05, 0.1) is 0 Å². The Bertz CT molecular complexity index is 574. The number of nitrogens with zero attached hydrogens (tertiary/aromatic N) is 4. The Balaban J connectivity index is 0.00000450. The van der Waals surface area contributed by atoms with E-state index in [4.69, 9.17) is 4.99 Å². The lowest BCUT2D eigenvalue weighted by Crippen LogP contribution is -2.49. The summed E-state index contributed by atoms with van der Waals surface area (Å²) >= 11 is 0. The molecule has 0 aromatic heterocycles. The second-order valence-corrected chi connectivity index (χ2v) is 8.00. The lowest BCUT2D eigenvalue weighted by Gasteiger charge is -2.34. The summed E-state index contributed by atoms with van der Waals surface area (Å²) in [7, 11) is 2.20. The number of hydrogen-bond acceptors (Lipinski definition) is 4. The summed E-state index contributed by atoms with van der Waals surface area (Å²) < 4.78 is 0. The highest BCUT2D eigenvalue weighted by atomic mass is 127. The van der Waals surface area contributed by atoms with E-state index >= 15 is 0 Å². The Hall–Kier alpha value is -0.900. The minimum Gasteiger partial charge on any atom is -0.357 e. The number of likely N-dealkylation sites (N-methyl/N-ethyl adjacent to an activating group) is 1. The van der Waals surface area contributed by atoms with Crippen LogP contribution in [0.15, 0.2) is 35.3 Å². The molecule has 1 heterocycles. The van der Waals surface area contributed by atoms with Gasteiger partial charge in [0.2, 0.25) is 0 Å². The summed E-state index contributed by atoms with van der Waals surface area (Å²) in [5.74, 6) is 0.942. The maximum atomic E-state index is 4.79. The van der Waals surface area contributed by atoms with Crippen molar-refractivity contribution in [2.24, 2.45) is 4.99 Å². The van der Waals surface area contributed by atoms with Crippen molar-refractivity contribution in [1.82, 2.24) is 25.3 Å². The smallest absolute Gasteiger partial charge is 0.191 e. The lowest BCUT2D eigenvalue weighted by atomic mass is 10.1. The van der Waals surface area contributed by atoms with Crippen molar-refractivity contribution in [2.75, 3.05) is 66.0 Å². The highest BCUT2D eigenvalue weighted by molar-refractivity contribution is 14.0. The molecule has 1 unspecified atom stereocenters. The van der Waals surface area contributed by atoms with Crippen LogP contribution in [-0.2, 0) is 6.54 Å². The van der Waals surface area contributed by atoms with Crippen LogP contribution in [0.4, 0.5) is 0 Å². The Kier molecular flexibility index (Phi) is 14.3. The molecule has 1 aromatic rings. The number of guanidine groups is 1. The molecule has 1 atom stereocenters. The predicted octanol–water partition coefficient (Wildman–Crippen LogP) is 2.71. The van der Waals surface area contributed by atoms with Crippen LogP contribution in [0, 0.1) is 0 Å². The molecule has 2 rings (SSSR count). The number of nitrogens with one attached hydrogen (secondary N) is 2. The molecule has 2 N–H and O–H groups in total. The molecule has 172 valence electrons. The first-order valence-corrected chi connectivity index (χ1v) is 11.3. The van der Waals surface area contributed by atoms with Gasteiger partial charge in [0.25, 0.3) is 0 Å². The Labute approximate surface area is 201 Å². The quantitative estimate of drug-likeness (QED) is 0.262. The van der Waals surface area contributed by atoms with Crippen molar-refractivity contribution in [3.63, 3.8) is 0 Å². The summed E-state index contributed by atoms with van der Waals surface area (Å²) in [6.45, 7) is 17.3. The number of rotatable bonds is 11. The topological polar surface area (TPSA) is 46.1 Å². The van der Waals surface area contributed by atoms with E-state index in [0.717, 1.165) is 45.1 Å². The molecule has 0 bridgehead atoms. The number of aliphatic imine (C=N–C) groups is 1. The summed E-state index contributed by atoms with van der Waals surface area (Å²) in [4.78, 5) is 12.3. The van der Waals surface area contributed by atoms with E-state index in [0.29, 0.717) is 6.04 Å². The second-order valence-electron chi connectivity index (χ2n) is 8.00. The maximum Gasteiger partial charge on any atom is 0.191 e. The fourth-order valence-electron chi connectivity index (χ4n) is 3.61. The van der Waals surface area contributed by atoms with E-state index in [9.17, 15) is 0 Å². The van der Waals surface area contributed by atoms with E-state index in [1.165, 1.54) is 38.3 Å². The first-order valence-electron chi connectivity index (χ1n) is 11.3. The zero-order chi connectivity index (χ0) is 20.9. The van der Waals surface area contributed by atoms with E-state index < -0.39 is 0 Å². The molecular formula is C23H43IN6. The SMILES string of the molecule is CCNC(=NCCC(C)N(C)Cc1ccccc1)NCCN1CCN(CC)CC1.I. The minimum atomic E-state index is 0. The van der Waals surface area contributed by atoms with Gasteiger partial charge in [-0.3, -0.25) is 14.8 Å². The lowest BCUT2D eigenvalue weighted by molar-refractivity contribution is 0.139. The molecule has 0 spiro atoms. The van der Waals surface area contributed by atoms with Gasteiger partial charge in [0, 0.05) is 64.9 Å². The van der Waals surface area contributed by atoms with Crippen molar-refractivity contribution < 1.29 is 0 Å². The van der Waals surface area contributed by atoms with Crippen LogP contribution in [0.3, 0.4) is 0 Å². The molecule has 1 aliphatic heterocycles. The predicted molar refractivity (Wildman–Crippen MR) is 140 cm³/mol. The summed E-state index contributed by atoms with van der Waals surface area (Å²) in [6.07, 6.45) is 1.05. The standard InChI is InChI=1S/C23H42N6.HI/c1-5-24-23(26-14-15-29-18-16-28(6-2)17-19-29)25-13-12-21(3)27(4)20-22-10-8-7-9-11-22;/h7-11,21H,5-6,12-20H2,1-4H3,(H2,24,25,26);1H. The molecular weight excluding hydrogens is 487 g/mol. The zero-order valence-corrected chi connectivity index (χ0v) is 21.8. The van der Waals surface area contributed by atoms with E-state index in [1.807, 2.05) is 0 Å². The maximum absolute atomic E-state index is 4.79. The molecule has 1 aromatic carbocycles. The molecule has 30 heavy (non-hydrogen) atoms. The fourth-order valence-corrected chi connectivity index (χ4v) is 3.61. The Morgan fingerprint density at radius 1 is 1.07 bits per heavy atom. The number of hydrogen-bond donors (Lipinski definition) is 2. The molecule has 0 amide bonds. The van der Waals surface area contributed by atoms with E-state index in [-0.39, 0.29) is 24.0 Å². The largest absolute Gasteiger partial charge is 0.357 e. The van der Waals surface area contributed by atoms with Gasteiger partial charge < -0.3 is 15.5 Å². The van der Waals surface area contributed by atoms with Gasteiger partial charge in [-0.15, -0.1) is 24.0 Å².